The molecule has 2 N–H and O–H groups in total. The van der Waals surface area contributed by atoms with Crippen molar-refractivity contribution in [1.82, 2.24) is 0 Å². The van der Waals surface area contributed by atoms with Gasteiger partial charge in [0.05, 0.1) is 19.1 Å². The number of anilines is 2. The number of hydrogen-bond acceptors (Lipinski definition) is 5. The van der Waals surface area contributed by atoms with Gasteiger partial charge in [0, 0.05) is 5.69 Å². The van der Waals surface area contributed by atoms with Crippen LogP contribution in [0.5, 0.6) is 5.75 Å². The summed E-state index contributed by atoms with van der Waals surface area (Å²) in [6.45, 7) is 0. The van der Waals surface area contributed by atoms with E-state index in [1.807, 2.05) is 0 Å². The van der Waals surface area contributed by atoms with Crippen LogP contribution in [-0.2, 0) is 0 Å². The van der Waals surface area contributed by atoms with Crippen LogP contribution >= 0.6 is 15.9 Å². The van der Waals surface area contributed by atoms with Gasteiger partial charge in [0.2, 0.25) is 0 Å². The first kappa shape index (κ1) is 16.8. The average molecular weight is 405 g/mol. The van der Waals surface area contributed by atoms with Gasteiger partial charge in [0.25, 0.3) is 11.8 Å². The molecule has 7 nitrogen and oxygen atoms in total. The Morgan fingerprint density at radius 3 is 2.48 bits per heavy atom. The van der Waals surface area contributed by atoms with Crippen LogP contribution in [0.2, 0.25) is 0 Å². The minimum absolute atomic E-state index is 0.156. The molecule has 0 spiro atoms. The van der Waals surface area contributed by atoms with Crippen molar-refractivity contribution >= 4 is 39.1 Å². The highest BCUT2D eigenvalue weighted by molar-refractivity contribution is 9.10. The Balaban J connectivity index is 1.79. The molecule has 25 heavy (non-hydrogen) atoms. The second-order valence-electron chi connectivity index (χ2n) is 4.90. The third-order valence-corrected chi connectivity index (χ3v) is 3.67. The lowest BCUT2D eigenvalue weighted by molar-refractivity contribution is 0.0989. The van der Waals surface area contributed by atoms with E-state index in [-0.39, 0.29) is 11.5 Å². The molecule has 2 heterocycles. The summed E-state index contributed by atoms with van der Waals surface area (Å²) < 4.78 is 15.9. The third kappa shape index (κ3) is 3.92. The molecule has 3 rings (SSSR count). The standard InChI is InChI=1S/C17H13BrN2O5/c1-23-12-5-4-10(19-17(22)14-6-7-15(18)25-14)9-11(12)20-16(21)13-3-2-8-24-13/h2-9H,1H3,(H,19,22)(H,20,21). The summed E-state index contributed by atoms with van der Waals surface area (Å²) in [6.07, 6.45) is 1.41. The minimum atomic E-state index is -0.429. The lowest BCUT2D eigenvalue weighted by Gasteiger charge is -2.12. The predicted octanol–water partition coefficient (Wildman–Crippen LogP) is 4.15. The Morgan fingerprint density at radius 2 is 1.84 bits per heavy atom. The Labute approximate surface area is 151 Å². The quantitative estimate of drug-likeness (QED) is 0.665. The number of furan rings is 2. The number of halogens is 1. The SMILES string of the molecule is COc1ccc(NC(=O)c2ccc(Br)o2)cc1NC(=O)c1ccco1. The molecular formula is C17H13BrN2O5. The molecule has 0 radical (unpaired) electrons. The van der Waals surface area contributed by atoms with Crippen LogP contribution in [-0.4, -0.2) is 18.9 Å². The molecule has 0 bridgehead atoms. The van der Waals surface area contributed by atoms with Gasteiger partial charge in [-0.2, -0.15) is 0 Å². The summed E-state index contributed by atoms with van der Waals surface area (Å²) in [7, 11) is 1.48. The van der Waals surface area contributed by atoms with E-state index in [1.54, 1.807) is 42.5 Å². The van der Waals surface area contributed by atoms with Gasteiger partial charge < -0.3 is 24.2 Å². The van der Waals surface area contributed by atoms with Crippen LogP contribution in [0, 0.1) is 0 Å². The maximum Gasteiger partial charge on any atom is 0.291 e. The maximum atomic E-state index is 12.1. The summed E-state index contributed by atoms with van der Waals surface area (Å²) >= 11 is 3.14. The van der Waals surface area contributed by atoms with Gasteiger partial charge in [0.15, 0.2) is 16.2 Å². The van der Waals surface area contributed by atoms with Crippen LogP contribution in [0.15, 0.2) is 62.2 Å². The van der Waals surface area contributed by atoms with E-state index < -0.39 is 11.8 Å². The Morgan fingerprint density at radius 1 is 1.04 bits per heavy atom. The van der Waals surface area contributed by atoms with Crippen LogP contribution in [0.3, 0.4) is 0 Å². The minimum Gasteiger partial charge on any atom is -0.495 e. The Kier molecular flexibility index (Phi) is 4.90. The summed E-state index contributed by atoms with van der Waals surface area (Å²) in [4.78, 5) is 24.3. The van der Waals surface area contributed by atoms with Gasteiger partial charge in [-0.25, -0.2) is 0 Å². The first-order valence-electron chi connectivity index (χ1n) is 7.16. The van der Waals surface area contributed by atoms with E-state index >= 15 is 0 Å². The largest absolute Gasteiger partial charge is 0.495 e. The molecule has 0 saturated heterocycles. The average Bonchev–Trinajstić information content (AvgIpc) is 3.26. The fourth-order valence-electron chi connectivity index (χ4n) is 2.10. The van der Waals surface area contributed by atoms with Crippen molar-refractivity contribution in [2.75, 3.05) is 17.7 Å². The molecule has 0 aliphatic rings. The molecule has 3 aromatic rings. The van der Waals surface area contributed by atoms with E-state index in [4.69, 9.17) is 13.6 Å². The normalized spacial score (nSPS) is 10.3. The van der Waals surface area contributed by atoms with Crippen molar-refractivity contribution in [3.05, 3.63) is 64.9 Å². The van der Waals surface area contributed by atoms with Crippen molar-refractivity contribution in [2.24, 2.45) is 0 Å². The van der Waals surface area contributed by atoms with Crippen LogP contribution in [0.1, 0.15) is 21.1 Å². The van der Waals surface area contributed by atoms with Crippen molar-refractivity contribution in [1.29, 1.82) is 0 Å². The van der Waals surface area contributed by atoms with Crippen LogP contribution < -0.4 is 15.4 Å². The van der Waals surface area contributed by atoms with E-state index in [1.165, 1.54) is 13.4 Å². The third-order valence-electron chi connectivity index (χ3n) is 3.25. The Bertz CT molecular complexity index is 902. The molecule has 0 saturated carbocycles. The van der Waals surface area contributed by atoms with E-state index in [9.17, 15) is 9.59 Å². The second kappa shape index (κ2) is 7.27. The van der Waals surface area contributed by atoms with Gasteiger partial charge in [-0.3, -0.25) is 9.59 Å². The predicted molar refractivity (Wildman–Crippen MR) is 94.0 cm³/mol. The number of nitrogens with one attached hydrogen (secondary N) is 2. The number of rotatable bonds is 5. The fraction of sp³-hybridized carbons (Fsp3) is 0.0588. The van der Waals surface area contributed by atoms with Gasteiger partial charge in [-0.15, -0.1) is 0 Å². The highest BCUT2D eigenvalue weighted by atomic mass is 79.9. The van der Waals surface area contributed by atoms with Crippen molar-refractivity contribution in [3.8, 4) is 5.75 Å². The number of carbonyl (C=O) groups is 2. The van der Waals surface area contributed by atoms with E-state index in [0.29, 0.717) is 21.8 Å². The molecule has 0 unspecified atom stereocenters. The van der Waals surface area contributed by atoms with Crippen LogP contribution in [0.25, 0.3) is 0 Å². The molecule has 0 atom stereocenters. The molecule has 128 valence electrons. The molecule has 0 aliphatic carbocycles. The molecule has 2 aromatic heterocycles. The molecule has 1 aromatic carbocycles. The number of ether oxygens (including phenoxy) is 1. The van der Waals surface area contributed by atoms with Gasteiger partial charge in [-0.05, 0) is 58.4 Å². The number of amides is 2. The molecular weight excluding hydrogens is 392 g/mol. The summed E-state index contributed by atoms with van der Waals surface area (Å²) in [5, 5.41) is 5.37. The lowest BCUT2D eigenvalue weighted by Crippen LogP contribution is -2.14. The van der Waals surface area contributed by atoms with Crippen LogP contribution in [0.4, 0.5) is 11.4 Å². The highest BCUT2D eigenvalue weighted by Crippen LogP contribution is 2.29. The number of methoxy groups -OCH3 is 1. The van der Waals surface area contributed by atoms with Crippen molar-refractivity contribution in [3.63, 3.8) is 0 Å². The number of carbonyl (C=O) groups excluding carboxylic acids is 2. The molecule has 8 heteroatoms. The van der Waals surface area contributed by atoms with Gasteiger partial charge >= 0.3 is 0 Å². The van der Waals surface area contributed by atoms with Crippen molar-refractivity contribution in [2.45, 2.75) is 0 Å². The summed E-state index contributed by atoms with van der Waals surface area (Å²) in [5.74, 6) is -0.0830. The summed E-state index contributed by atoms with van der Waals surface area (Å²) in [5.41, 5.74) is 0.857. The maximum absolute atomic E-state index is 12.1. The zero-order valence-corrected chi connectivity index (χ0v) is 14.6. The first-order chi connectivity index (χ1) is 12.1. The first-order valence-corrected chi connectivity index (χ1v) is 7.95. The zero-order chi connectivity index (χ0) is 17.8. The number of benzene rings is 1. The lowest BCUT2D eigenvalue weighted by atomic mass is 10.2. The molecule has 0 aliphatic heterocycles. The van der Waals surface area contributed by atoms with E-state index in [0.717, 1.165) is 0 Å². The van der Waals surface area contributed by atoms with Crippen molar-refractivity contribution < 1.29 is 23.2 Å². The Hall–Kier alpha value is -3.00. The smallest absolute Gasteiger partial charge is 0.291 e. The molecule has 2 amide bonds. The molecule has 0 fully saturated rings. The zero-order valence-electron chi connectivity index (χ0n) is 13.0. The fourth-order valence-corrected chi connectivity index (χ4v) is 2.41. The number of hydrogen-bond donors (Lipinski definition) is 2. The summed E-state index contributed by atoms with van der Waals surface area (Å²) in [6, 6.07) is 11.2. The van der Waals surface area contributed by atoms with Gasteiger partial charge in [-0.1, -0.05) is 0 Å². The topological polar surface area (TPSA) is 93.7 Å². The van der Waals surface area contributed by atoms with Gasteiger partial charge in [0.1, 0.15) is 5.75 Å². The second-order valence-corrected chi connectivity index (χ2v) is 5.69. The monoisotopic (exact) mass is 404 g/mol. The van der Waals surface area contributed by atoms with E-state index in [2.05, 4.69) is 26.6 Å². The highest BCUT2D eigenvalue weighted by Gasteiger charge is 2.15.